The van der Waals surface area contributed by atoms with E-state index in [1.54, 1.807) is 0 Å². The van der Waals surface area contributed by atoms with E-state index in [4.69, 9.17) is 5.73 Å². The molecule has 0 saturated carbocycles. The Bertz CT molecular complexity index is 754. The minimum Gasteiger partial charge on any atom is -0.368 e. The Morgan fingerprint density at radius 1 is 1.25 bits per heavy atom. The first-order valence-electron chi connectivity index (χ1n) is 8.31. The molecule has 0 aliphatic heterocycles. The summed E-state index contributed by atoms with van der Waals surface area (Å²) in [4.78, 5) is 12.3. The van der Waals surface area contributed by atoms with Crippen LogP contribution >= 0.6 is 0 Å². The van der Waals surface area contributed by atoms with Gasteiger partial charge in [-0.25, -0.2) is 4.39 Å². The summed E-state index contributed by atoms with van der Waals surface area (Å²) in [6, 6.07) is 6.58. The SMILES string of the molecule is Cc1ccc2c(c1)CCC(C)C2Nc1nc(N)nc(C(C)(C)F)n1. The number of nitrogen functional groups attached to an aromatic ring is 1. The average molecular weight is 329 g/mol. The molecule has 1 aliphatic carbocycles. The second kappa shape index (κ2) is 6.00. The third-order valence-corrected chi connectivity index (χ3v) is 4.54. The monoisotopic (exact) mass is 329 g/mol. The first-order valence-corrected chi connectivity index (χ1v) is 8.31. The van der Waals surface area contributed by atoms with Crippen LogP contribution in [0.4, 0.5) is 16.3 Å². The van der Waals surface area contributed by atoms with Crippen LogP contribution in [-0.4, -0.2) is 15.0 Å². The minimum atomic E-state index is -1.67. The fourth-order valence-corrected chi connectivity index (χ4v) is 3.19. The summed E-state index contributed by atoms with van der Waals surface area (Å²) in [5, 5.41) is 3.35. The second-order valence-corrected chi connectivity index (χ2v) is 7.15. The van der Waals surface area contributed by atoms with E-state index in [2.05, 4.69) is 52.3 Å². The number of halogens is 1. The highest BCUT2D eigenvalue weighted by Gasteiger charge is 2.29. The summed E-state index contributed by atoms with van der Waals surface area (Å²) in [6.07, 6.45) is 2.15. The van der Waals surface area contributed by atoms with Crippen LogP contribution in [0, 0.1) is 12.8 Å². The fraction of sp³-hybridized carbons (Fsp3) is 0.500. The number of fused-ring (bicyclic) bond motifs is 1. The molecular weight excluding hydrogens is 305 g/mol. The number of aromatic nitrogens is 3. The Labute approximate surface area is 141 Å². The quantitative estimate of drug-likeness (QED) is 0.898. The van der Waals surface area contributed by atoms with Crippen LogP contribution in [0.2, 0.25) is 0 Å². The predicted molar refractivity (Wildman–Crippen MR) is 93.4 cm³/mol. The smallest absolute Gasteiger partial charge is 0.228 e. The van der Waals surface area contributed by atoms with E-state index in [0.29, 0.717) is 11.9 Å². The molecule has 2 atom stereocenters. The maximum absolute atomic E-state index is 14.2. The zero-order valence-electron chi connectivity index (χ0n) is 14.6. The summed E-state index contributed by atoms with van der Waals surface area (Å²) >= 11 is 0. The highest BCUT2D eigenvalue weighted by molar-refractivity contribution is 5.42. The Morgan fingerprint density at radius 3 is 2.71 bits per heavy atom. The van der Waals surface area contributed by atoms with Crippen molar-refractivity contribution in [1.82, 2.24) is 15.0 Å². The first kappa shape index (κ1) is 16.6. The van der Waals surface area contributed by atoms with Crippen molar-refractivity contribution < 1.29 is 4.39 Å². The lowest BCUT2D eigenvalue weighted by Crippen LogP contribution is -2.27. The molecule has 0 spiro atoms. The van der Waals surface area contributed by atoms with Crippen LogP contribution in [0.15, 0.2) is 18.2 Å². The molecule has 1 aromatic carbocycles. The molecule has 0 bridgehead atoms. The van der Waals surface area contributed by atoms with Crippen molar-refractivity contribution in [2.75, 3.05) is 11.1 Å². The topological polar surface area (TPSA) is 76.7 Å². The van der Waals surface area contributed by atoms with Crippen molar-refractivity contribution in [3.8, 4) is 0 Å². The van der Waals surface area contributed by atoms with Gasteiger partial charge in [0.2, 0.25) is 11.9 Å². The van der Waals surface area contributed by atoms with Gasteiger partial charge in [-0.1, -0.05) is 30.7 Å². The molecule has 0 amide bonds. The average Bonchev–Trinajstić information content (AvgIpc) is 2.49. The summed E-state index contributed by atoms with van der Waals surface area (Å²) in [6.45, 7) is 7.12. The standard InChI is InChI=1S/C18H24FN5/c1-10-5-8-13-12(9-10)7-6-11(2)14(13)21-17-23-15(18(3,4)19)22-16(20)24-17/h5,8-9,11,14H,6-7H2,1-4H3,(H3,20,21,22,23,24). The molecule has 2 aromatic rings. The summed E-state index contributed by atoms with van der Waals surface area (Å²) in [5.74, 6) is 0.819. The first-order chi connectivity index (χ1) is 11.2. The van der Waals surface area contributed by atoms with Crippen molar-refractivity contribution in [2.24, 2.45) is 5.92 Å². The third-order valence-electron chi connectivity index (χ3n) is 4.54. The third kappa shape index (κ3) is 3.32. The molecule has 3 rings (SSSR count). The summed E-state index contributed by atoms with van der Waals surface area (Å²) in [7, 11) is 0. The fourth-order valence-electron chi connectivity index (χ4n) is 3.19. The number of nitrogens with zero attached hydrogens (tertiary/aromatic N) is 3. The van der Waals surface area contributed by atoms with Gasteiger partial charge < -0.3 is 11.1 Å². The van der Waals surface area contributed by atoms with Gasteiger partial charge in [-0.3, -0.25) is 0 Å². The highest BCUT2D eigenvalue weighted by Crippen LogP contribution is 2.36. The zero-order valence-corrected chi connectivity index (χ0v) is 14.6. The van der Waals surface area contributed by atoms with Gasteiger partial charge in [-0.15, -0.1) is 0 Å². The molecule has 1 heterocycles. The van der Waals surface area contributed by atoms with E-state index in [-0.39, 0.29) is 17.8 Å². The molecule has 5 nitrogen and oxygen atoms in total. The van der Waals surface area contributed by atoms with Crippen LogP contribution in [0.1, 0.15) is 55.7 Å². The lowest BCUT2D eigenvalue weighted by molar-refractivity contribution is 0.206. The number of nitrogens with two attached hydrogens (primary N) is 1. The Balaban J connectivity index is 1.95. The van der Waals surface area contributed by atoms with E-state index in [1.807, 2.05) is 0 Å². The molecule has 0 radical (unpaired) electrons. The van der Waals surface area contributed by atoms with Crippen molar-refractivity contribution in [2.45, 2.75) is 52.2 Å². The Hall–Kier alpha value is -2.24. The number of aryl methyl sites for hydroxylation is 2. The lowest BCUT2D eigenvalue weighted by atomic mass is 9.80. The Morgan fingerprint density at radius 2 is 2.00 bits per heavy atom. The predicted octanol–water partition coefficient (Wildman–Crippen LogP) is 3.70. The van der Waals surface area contributed by atoms with Gasteiger partial charge in [0, 0.05) is 0 Å². The molecule has 3 N–H and O–H groups in total. The van der Waals surface area contributed by atoms with Crippen molar-refractivity contribution in [1.29, 1.82) is 0 Å². The highest BCUT2D eigenvalue weighted by atomic mass is 19.1. The van der Waals surface area contributed by atoms with Gasteiger partial charge in [0.1, 0.15) is 0 Å². The maximum atomic E-state index is 14.2. The molecule has 1 aliphatic rings. The molecule has 6 heteroatoms. The minimum absolute atomic E-state index is 0.0285. The lowest BCUT2D eigenvalue weighted by Gasteiger charge is -2.32. The van der Waals surface area contributed by atoms with E-state index in [0.717, 1.165) is 12.8 Å². The molecule has 128 valence electrons. The van der Waals surface area contributed by atoms with Crippen LogP contribution < -0.4 is 11.1 Å². The molecule has 0 saturated heterocycles. The number of rotatable bonds is 3. The van der Waals surface area contributed by atoms with E-state index < -0.39 is 5.67 Å². The van der Waals surface area contributed by atoms with E-state index >= 15 is 0 Å². The Kier molecular flexibility index (Phi) is 4.15. The van der Waals surface area contributed by atoms with Gasteiger partial charge in [-0.05, 0) is 50.7 Å². The number of hydrogen-bond donors (Lipinski definition) is 2. The van der Waals surface area contributed by atoms with Gasteiger partial charge in [0.15, 0.2) is 11.5 Å². The second-order valence-electron chi connectivity index (χ2n) is 7.15. The zero-order chi connectivity index (χ0) is 17.5. The van der Waals surface area contributed by atoms with Crippen molar-refractivity contribution in [3.63, 3.8) is 0 Å². The molecule has 24 heavy (non-hydrogen) atoms. The molecule has 2 unspecified atom stereocenters. The van der Waals surface area contributed by atoms with Crippen molar-refractivity contribution in [3.05, 3.63) is 40.7 Å². The van der Waals surface area contributed by atoms with Crippen molar-refractivity contribution >= 4 is 11.9 Å². The number of anilines is 2. The normalized spacial score (nSPS) is 20.5. The molecule has 1 aromatic heterocycles. The molecular formula is C18H24FN5. The number of nitrogens with one attached hydrogen (secondary N) is 1. The summed E-state index contributed by atoms with van der Waals surface area (Å²) < 4.78 is 14.2. The van der Waals surface area contributed by atoms with Crippen LogP contribution in [0.25, 0.3) is 0 Å². The van der Waals surface area contributed by atoms with Crippen LogP contribution in [-0.2, 0) is 12.1 Å². The number of benzene rings is 1. The summed E-state index contributed by atoms with van der Waals surface area (Å²) in [5.41, 5.74) is 7.93. The largest absolute Gasteiger partial charge is 0.368 e. The van der Waals surface area contributed by atoms with Gasteiger partial charge in [-0.2, -0.15) is 15.0 Å². The number of alkyl halides is 1. The van der Waals surface area contributed by atoms with Gasteiger partial charge in [0.05, 0.1) is 6.04 Å². The maximum Gasteiger partial charge on any atom is 0.228 e. The van der Waals surface area contributed by atoms with E-state index in [9.17, 15) is 4.39 Å². The van der Waals surface area contributed by atoms with Crippen LogP contribution in [0.5, 0.6) is 0 Å². The van der Waals surface area contributed by atoms with Gasteiger partial charge >= 0.3 is 0 Å². The van der Waals surface area contributed by atoms with Gasteiger partial charge in [0.25, 0.3) is 0 Å². The van der Waals surface area contributed by atoms with Crippen LogP contribution in [0.3, 0.4) is 0 Å². The van der Waals surface area contributed by atoms with E-state index in [1.165, 1.54) is 30.5 Å². The number of hydrogen-bond acceptors (Lipinski definition) is 5. The molecule has 0 fully saturated rings.